The van der Waals surface area contributed by atoms with Gasteiger partial charge in [-0.25, -0.2) is 9.67 Å². The molecule has 152 valence electrons. The van der Waals surface area contributed by atoms with Crippen LogP contribution in [0.1, 0.15) is 32.3 Å². The van der Waals surface area contributed by atoms with Gasteiger partial charge in [0, 0.05) is 17.0 Å². The lowest BCUT2D eigenvalue weighted by Gasteiger charge is -2.10. The summed E-state index contributed by atoms with van der Waals surface area (Å²) in [6, 6.07) is 17.0. The minimum Gasteiger partial charge on any atom is -0.487 e. The molecule has 30 heavy (non-hydrogen) atoms. The molecule has 2 aromatic heterocycles. The van der Waals surface area contributed by atoms with Crippen LogP contribution < -0.4 is 10.1 Å². The van der Waals surface area contributed by atoms with E-state index in [0.29, 0.717) is 23.7 Å². The molecule has 2 heterocycles. The SMILES string of the molecule is Cc1ccc(-n2nc(C)cc2NC(=O)c2cccc(OCc3csc(C)n3)c2)cc1. The molecule has 0 bridgehead atoms. The Morgan fingerprint density at radius 3 is 2.63 bits per heavy atom. The van der Waals surface area contributed by atoms with Crippen molar-refractivity contribution in [3.63, 3.8) is 0 Å². The lowest BCUT2D eigenvalue weighted by Crippen LogP contribution is -2.15. The normalized spacial score (nSPS) is 10.8. The molecule has 0 saturated heterocycles. The molecule has 0 unspecified atom stereocenters. The van der Waals surface area contributed by atoms with Crippen molar-refractivity contribution in [3.05, 3.63) is 87.5 Å². The topological polar surface area (TPSA) is 69.0 Å². The minimum atomic E-state index is -0.224. The number of thiazole rings is 1. The molecule has 0 radical (unpaired) electrons. The second-order valence-corrected chi connectivity index (χ2v) is 8.11. The van der Waals surface area contributed by atoms with Gasteiger partial charge >= 0.3 is 0 Å². The molecule has 1 N–H and O–H groups in total. The van der Waals surface area contributed by atoms with Crippen molar-refractivity contribution < 1.29 is 9.53 Å². The number of aryl methyl sites for hydroxylation is 3. The van der Waals surface area contributed by atoms with Gasteiger partial charge in [0.15, 0.2) is 0 Å². The van der Waals surface area contributed by atoms with Gasteiger partial charge in [-0.2, -0.15) is 5.10 Å². The molecule has 0 fully saturated rings. The van der Waals surface area contributed by atoms with E-state index in [-0.39, 0.29) is 5.91 Å². The Morgan fingerprint density at radius 1 is 1.10 bits per heavy atom. The first kappa shape index (κ1) is 19.8. The van der Waals surface area contributed by atoms with Gasteiger partial charge < -0.3 is 10.1 Å². The summed E-state index contributed by atoms with van der Waals surface area (Å²) in [4.78, 5) is 17.3. The molecule has 0 aliphatic heterocycles. The van der Waals surface area contributed by atoms with E-state index in [2.05, 4.69) is 15.4 Å². The number of amides is 1. The summed E-state index contributed by atoms with van der Waals surface area (Å²) in [7, 11) is 0. The molecule has 7 heteroatoms. The van der Waals surface area contributed by atoms with Crippen LogP contribution in [0.2, 0.25) is 0 Å². The van der Waals surface area contributed by atoms with E-state index >= 15 is 0 Å². The fourth-order valence-electron chi connectivity index (χ4n) is 3.02. The summed E-state index contributed by atoms with van der Waals surface area (Å²) in [5.41, 5.74) is 4.26. The Bertz CT molecular complexity index is 1180. The molecule has 4 aromatic rings. The first-order valence-electron chi connectivity index (χ1n) is 9.57. The van der Waals surface area contributed by atoms with Crippen molar-refractivity contribution in [2.24, 2.45) is 0 Å². The highest BCUT2D eigenvalue weighted by atomic mass is 32.1. The Hall–Kier alpha value is -3.45. The van der Waals surface area contributed by atoms with Gasteiger partial charge in [0.1, 0.15) is 18.2 Å². The molecule has 0 aliphatic carbocycles. The van der Waals surface area contributed by atoms with Crippen molar-refractivity contribution in [1.82, 2.24) is 14.8 Å². The molecule has 0 aliphatic rings. The van der Waals surface area contributed by atoms with Gasteiger partial charge in [-0.05, 0) is 51.1 Å². The van der Waals surface area contributed by atoms with Crippen LogP contribution in [-0.2, 0) is 6.61 Å². The fraction of sp³-hybridized carbons (Fsp3) is 0.174. The van der Waals surface area contributed by atoms with Crippen molar-refractivity contribution in [1.29, 1.82) is 0 Å². The van der Waals surface area contributed by atoms with E-state index in [1.165, 1.54) is 0 Å². The second kappa shape index (κ2) is 8.51. The summed E-state index contributed by atoms with van der Waals surface area (Å²) in [6.45, 7) is 6.26. The monoisotopic (exact) mass is 418 g/mol. The molecule has 2 aromatic carbocycles. The predicted molar refractivity (Wildman–Crippen MR) is 119 cm³/mol. The molecule has 0 saturated carbocycles. The van der Waals surface area contributed by atoms with Crippen molar-refractivity contribution in [3.8, 4) is 11.4 Å². The molecule has 6 nitrogen and oxygen atoms in total. The number of nitrogens with one attached hydrogen (secondary N) is 1. The average molecular weight is 419 g/mol. The van der Waals surface area contributed by atoms with Gasteiger partial charge in [-0.15, -0.1) is 11.3 Å². The van der Waals surface area contributed by atoms with Gasteiger partial charge in [-0.1, -0.05) is 23.8 Å². The summed E-state index contributed by atoms with van der Waals surface area (Å²) >= 11 is 1.59. The van der Waals surface area contributed by atoms with Crippen LogP contribution in [0.4, 0.5) is 5.82 Å². The van der Waals surface area contributed by atoms with Crippen LogP contribution in [0.15, 0.2) is 60.0 Å². The van der Waals surface area contributed by atoms with Crippen molar-refractivity contribution >= 4 is 23.1 Å². The number of aromatic nitrogens is 3. The molecule has 0 atom stereocenters. The number of hydrogen-bond acceptors (Lipinski definition) is 5. The van der Waals surface area contributed by atoms with Gasteiger partial charge in [0.2, 0.25) is 0 Å². The number of ether oxygens (including phenoxy) is 1. The smallest absolute Gasteiger partial charge is 0.256 e. The summed E-state index contributed by atoms with van der Waals surface area (Å²) in [5.74, 6) is 1.01. The zero-order valence-electron chi connectivity index (χ0n) is 17.0. The third-order valence-electron chi connectivity index (χ3n) is 4.50. The lowest BCUT2D eigenvalue weighted by atomic mass is 10.2. The van der Waals surface area contributed by atoms with E-state index in [4.69, 9.17) is 4.74 Å². The number of hydrogen-bond donors (Lipinski definition) is 1. The zero-order valence-corrected chi connectivity index (χ0v) is 17.9. The summed E-state index contributed by atoms with van der Waals surface area (Å²) in [6.07, 6.45) is 0. The minimum absolute atomic E-state index is 0.224. The Kier molecular flexibility index (Phi) is 5.63. The van der Waals surface area contributed by atoms with Crippen LogP contribution in [0, 0.1) is 20.8 Å². The number of nitrogens with zero attached hydrogens (tertiary/aromatic N) is 3. The quantitative estimate of drug-likeness (QED) is 0.474. The zero-order chi connectivity index (χ0) is 21.1. The highest BCUT2D eigenvalue weighted by molar-refractivity contribution is 7.09. The van der Waals surface area contributed by atoms with Crippen LogP contribution in [-0.4, -0.2) is 20.7 Å². The van der Waals surface area contributed by atoms with E-state index in [1.807, 2.05) is 62.5 Å². The first-order valence-corrected chi connectivity index (χ1v) is 10.4. The third-order valence-corrected chi connectivity index (χ3v) is 5.32. The number of carbonyl (C=O) groups is 1. The van der Waals surface area contributed by atoms with E-state index in [1.54, 1.807) is 34.2 Å². The molecular weight excluding hydrogens is 396 g/mol. The molecular formula is C23H22N4O2S. The number of anilines is 1. The highest BCUT2D eigenvalue weighted by Crippen LogP contribution is 2.20. The maximum atomic E-state index is 12.9. The van der Waals surface area contributed by atoms with Crippen LogP contribution in [0.5, 0.6) is 5.75 Å². The number of benzene rings is 2. The maximum absolute atomic E-state index is 12.9. The second-order valence-electron chi connectivity index (χ2n) is 7.05. The van der Waals surface area contributed by atoms with Crippen molar-refractivity contribution in [2.75, 3.05) is 5.32 Å². The Labute approximate surface area is 179 Å². The first-order chi connectivity index (χ1) is 14.5. The van der Waals surface area contributed by atoms with Gasteiger partial charge in [0.25, 0.3) is 5.91 Å². The number of carbonyl (C=O) groups excluding carboxylic acids is 1. The lowest BCUT2D eigenvalue weighted by molar-refractivity contribution is 0.102. The van der Waals surface area contributed by atoms with E-state index < -0.39 is 0 Å². The largest absolute Gasteiger partial charge is 0.487 e. The maximum Gasteiger partial charge on any atom is 0.256 e. The van der Waals surface area contributed by atoms with Gasteiger partial charge in [0.05, 0.1) is 22.1 Å². The van der Waals surface area contributed by atoms with Crippen LogP contribution >= 0.6 is 11.3 Å². The Morgan fingerprint density at radius 2 is 1.90 bits per heavy atom. The standard InChI is InChI=1S/C23H22N4O2S/c1-15-7-9-20(10-8-15)27-22(11-16(2)26-27)25-23(28)18-5-4-6-21(12-18)29-13-19-14-30-17(3)24-19/h4-12,14H,13H2,1-3H3,(H,25,28). The number of rotatable bonds is 6. The predicted octanol–water partition coefficient (Wildman–Crippen LogP) is 5.09. The van der Waals surface area contributed by atoms with Crippen LogP contribution in [0.25, 0.3) is 5.69 Å². The van der Waals surface area contributed by atoms with E-state index in [0.717, 1.165) is 27.6 Å². The van der Waals surface area contributed by atoms with E-state index in [9.17, 15) is 4.79 Å². The molecule has 4 rings (SSSR count). The fourth-order valence-corrected chi connectivity index (χ4v) is 3.62. The van der Waals surface area contributed by atoms with Gasteiger partial charge in [-0.3, -0.25) is 4.79 Å². The highest BCUT2D eigenvalue weighted by Gasteiger charge is 2.13. The summed E-state index contributed by atoms with van der Waals surface area (Å²) in [5, 5.41) is 10.4. The third kappa shape index (κ3) is 4.58. The van der Waals surface area contributed by atoms with Crippen LogP contribution in [0.3, 0.4) is 0 Å². The summed E-state index contributed by atoms with van der Waals surface area (Å²) < 4.78 is 7.54. The molecule has 1 amide bonds. The average Bonchev–Trinajstić information content (AvgIpc) is 3.32. The molecule has 0 spiro atoms. The Balaban J connectivity index is 1.50. The van der Waals surface area contributed by atoms with Crippen molar-refractivity contribution in [2.45, 2.75) is 27.4 Å².